The van der Waals surface area contributed by atoms with Gasteiger partial charge in [0.2, 0.25) is 5.28 Å². The van der Waals surface area contributed by atoms with Gasteiger partial charge in [-0.3, -0.25) is 0 Å². The van der Waals surface area contributed by atoms with E-state index >= 15 is 0 Å². The van der Waals surface area contributed by atoms with Crippen LogP contribution in [-0.4, -0.2) is 23.1 Å². The fourth-order valence-corrected chi connectivity index (χ4v) is 5.38. The summed E-state index contributed by atoms with van der Waals surface area (Å²) in [6.07, 6.45) is 1.27. The Morgan fingerprint density at radius 2 is 1.74 bits per heavy atom. The van der Waals surface area contributed by atoms with Crippen LogP contribution in [0.1, 0.15) is 45.6 Å². The largest absolute Gasteiger partial charge is 0.355 e. The van der Waals surface area contributed by atoms with E-state index in [1.807, 2.05) is 0 Å². The summed E-state index contributed by atoms with van der Waals surface area (Å²) in [6, 6.07) is 8.89. The van der Waals surface area contributed by atoms with Crippen molar-refractivity contribution in [3.05, 3.63) is 40.5 Å². The van der Waals surface area contributed by atoms with Crippen molar-refractivity contribution >= 4 is 39.0 Å². The lowest BCUT2D eigenvalue weighted by Crippen LogP contribution is -2.39. The molecule has 2 unspecified atom stereocenters. The average Bonchev–Trinajstić information content (AvgIpc) is 3.04. The van der Waals surface area contributed by atoms with Gasteiger partial charge in [0.15, 0.2) is 0 Å². The molecular formula is C22H26ClN3S. The van der Waals surface area contributed by atoms with Crippen LogP contribution >= 0.6 is 22.9 Å². The first kappa shape index (κ1) is 18.7. The number of halogens is 1. The van der Waals surface area contributed by atoms with Gasteiger partial charge < -0.3 is 4.90 Å². The maximum atomic E-state index is 6.28. The Balaban J connectivity index is 1.83. The molecule has 0 N–H and O–H groups in total. The molecule has 3 nitrogen and oxygen atoms in total. The third-order valence-corrected chi connectivity index (χ3v) is 6.49. The molecule has 142 valence electrons. The smallest absolute Gasteiger partial charge is 0.225 e. The fraction of sp³-hybridized carbons (Fsp3) is 0.455. The van der Waals surface area contributed by atoms with Gasteiger partial charge in [-0.05, 0) is 46.9 Å². The standard InChI is InChI=1S/C22H26ClN3S/c1-13(2)16-5-7-17(8-6-16)18-12-27-21-19(18)20(24-22(23)25-21)26-10-14(3)9-15(4)11-26/h5-8,12-15H,9-11H2,1-4H3. The van der Waals surface area contributed by atoms with Crippen molar-refractivity contribution in [2.24, 2.45) is 11.8 Å². The number of hydrogen-bond acceptors (Lipinski definition) is 4. The molecule has 1 aliphatic heterocycles. The van der Waals surface area contributed by atoms with Crippen molar-refractivity contribution in [1.82, 2.24) is 9.97 Å². The number of piperidine rings is 1. The highest BCUT2D eigenvalue weighted by Gasteiger charge is 2.26. The Bertz CT molecular complexity index is 938. The van der Waals surface area contributed by atoms with Crippen LogP contribution in [0.15, 0.2) is 29.6 Å². The molecule has 3 aromatic rings. The zero-order chi connectivity index (χ0) is 19.1. The van der Waals surface area contributed by atoms with E-state index < -0.39 is 0 Å². The summed E-state index contributed by atoms with van der Waals surface area (Å²) in [7, 11) is 0. The minimum absolute atomic E-state index is 0.340. The van der Waals surface area contributed by atoms with Crippen molar-refractivity contribution in [1.29, 1.82) is 0 Å². The Kier molecular flexibility index (Phi) is 5.13. The van der Waals surface area contributed by atoms with Crippen LogP contribution in [0.25, 0.3) is 21.3 Å². The predicted octanol–water partition coefficient (Wildman–Crippen LogP) is 6.62. The average molecular weight is 400 g/mol. The van der Waals surface area contributed by atoms with Crippen LogP contribution in [0.5, 0.6) is 0 Å². The lowest BCUT2D eigenvalue weighted by molar-refractivity contribution is 0.356. The quantitative estimate of drug-likeness (QED) is 0.463. The second-order valence-corrected chi connectivity index (χ2v) is 9.47. The third-order valence-electron chi connectivity index (χ3n) is 5.44. The third kappa shape index (κ3) is 3.70. The molecule has 0 saturated carbocycles. The molecule has 27 heavy (non-hydrogen) atoms. The first-order chi connectivity index (χ1) is 12.9. The van der Waals surface area contributed by atoms with Gasteiger partial charge in [-0.1, -0.05) is 52.0 Å². The molecule has 0 bridgehead atoms. The van der Waals surface area contributed by atoms with Gasteiger partial charge in [-0.25, -0.2) is 4.98 Å². The molecule has 1 aliphatic rings. The Labute approximate surface area is 170 Å². The molecule has 0 radical (unpaired) electrons. The summed E-state index contributed by atoms with van der Waals surface area (Å²) in [4.78, 5) is 12.6. The van der Waals surface area contributed by atoms with E-state index in [1.54, 1.807) is 11.3 Å². The molecule has 1 saturated heterocycles. The topological polar surface area (TPSA) is 29.0 Å². The Hall–Kier alpha value is -1.65. The van der Waals surface area contributed by atoms with Gasteiger partial charge in [0.1, 0.15) is 10.6 Å². The number of hydrogen-bond donors (Lipinski definition) is 0. The normalized spacial score (nSPS) is 20.6. The lowest BCUT2D eigenvalue weighted by atomic mass is 9.91. The van der Waals surface area contributed by atoms with Crippen molar-refractivity contribution in [3.8, 4) is 11.1 Å². The molecule has 2 aromatic heterocycles. The molecule has 0 spiro atoms. The van der Waals surface area contributed by atoms with E-state index in [0.29, 0.717) is 23.0 Å². The van der Waals surface area contributed by atoms with E-state index in [2.05, 4.69) is 72.2 Å². The predicted molar refractivity (Wildman–Crippen MR) is 117 cm³/mol. The molecular weight excluding hydrogens is 374 g/mol. The first-order valence-corrected chi connectivity index (χ1v) is 11.0. The SMILES string of the molecule is CC1CC(C)CN(c2nc(Cl)nc3scc(-c4ccc(C(C)C)cc4)c23)C1. The summed E-state index contributed by atoms with van der Waals surface area (Å²) in [5, 5.41) is 3.68. The molecule has 3 heterocycles. The van der Waals surface area contributed by atoms with Crippen molar-refractivity contribution in [2.45, 2.75) is 40.0 Å². The van der Waals surface area contributed by atoms with Crippen LogP contribution in [0.4, 0.5) is 5.82 Å². The van der Waals surface area contributed by atoms with Crippen LogP contribution in [0.3, 0.4) is 0 Å². The molecule has 4 rings (SSSR count). The van der Waals surface area contributed by atoms with E-state index in [4.69, 9.17) is 11.6 Å². The second kappa shape index (κ2) is 7.40. The molecule has 2 atom stereocenters. The zero-order valence-electron chi connectivity index (χ0n) is 16.4. The number of aromatic nitrogens is 2. The fourth-order valence-electron chi connectivity index (χ4n) is 4.22. The molecule has 1 fully saturated rings. The zero-order valence-corrected chi connectivity index (χ0v) is 17.9. The maximum absolute atomic E-state index is 6.28. The molecule has 0 amide bonds. The van der Waals surface area contributed by atoms with E-state index in [9.17, 15) is 0 Å². The van der Waals surface area contributed by atoms with Gasteiger partial charge in [0.25, 0.3) is 0 Å². The first-order valence-electron chi connectivity index (χ1n) is 9.72. The van der Waals surface area contributed by atoms with Crippen LogP contribution in [-0.2, 0) is 0 Å². The van der Waals surface area contributed by atoms with E-state index in [1.165, 1.54) is 23.1 Å². The summed E-state index contributed by atoms with van der Waals surface area (Å²) in [5.41, 5.74) is 3.79. The molecule has 0 aliphatic carbocycles. The highest BCUT2D eigenvalue weighted by atomic mass is 35.5. The van der Waals surface area contributed by atoms with Crippen molar-refractivity contribution in [2.75, 3.05) is 18.0 Å². The van der Waals surface area contributed by atoms with Crippen LogP contribution in [0.2, 0.25) is 5.28 Å². The number of anilines is 1. The van der Waals surface area contributed by atoms with Crippen LogP contribution < -0.4 is 4.90 Å². The van der Waals surface area contributed by atoms with Gasteiger partial charge >= 0.3 is 0 Å². The second-order valence-electron chi connectivity index (χ2n) is 8.27. The van der Waals surface area contributed by atoms with Crippen molar-refractivity contribution < 1.29 is 0 Å². The minimum Gasteiger partial charge on any atom is -0.355 e. The number of nitrogens with zero attached hydrogens (tertiary/aromatic N) is 3. The minimum atomic E-state index is 0.340. The maximum Gasteiger partial charge on any atom is 0.225 e. The lowest BCUT2D eigenvalue weighted by Gasteiger charge is -2.36. The number of thiophene rings is 1. The van der Waals surface area contributed by atoms with Gasteiger partial charge in [-0.15, -0.1) is 11.3 Å². The van der Waals surface area contributed by atoms with E-state index in [-0.39, 0.29) is 0 Å². The molecule has 1 aromatic carbocycles. The highest BCUT2D eigenvalue weighted by Crippen LogP contribution is 2.40. The van der Waals surface area contributed by atoms with Crippen molar-refractivity contribution in [3.63, 3.8) is 0 Å². The highest BCUT2D eigenvalue weighted by molar-refractivity contribution is 7.17. The Morgan fingerprint density at radius 1 is 1.07 bits per heavy atom. The number of fused-ring (bicyclic) bond motifs is 1. The van der Waals surface area contributed by atoms with Gasteiger partial charge in [-0.2, -0.15) is 4.98 Å². The van der Waals surface area contributed by atoms with Crippen LogP contribution in [0, 0.1) is 11.8 Å². The monoisotopic (exact) mass is 399 g/mol. The molecule has 5 heteroatoms. The van der Waals surface area contributed by atoms with Gasteiger partial charge in [0.05, 0.1) is 5.39 Å². The number of benzene rings is 1. The summed E-state index contributed by atoms with van der Waals surface area (Å²) < 4.78 is 0. The van der Waals surface area contributed by atoms with E-state index in [0.717, 1.165) is 29.1 Å². The Morgan fingerprint density at radius 3 is 2.37 bits per heavy atom. The van der Waals surface area contributed by atoms with Gasteiger partial charge in [0, 0.05) is 24.0 Å². The summed E-state index contributed by atoms with van der Waals surface area (Å²) in [6.45, 7) is 11.1. The number of rotatable bonds is 3. The summed E-state index contributed by atoms with van der Waals surface area (Å²) in [5.74, 6) is 2.84. The summed E-state index contributed by atoms with van der Waals surface area (Å²) >= 11 is 7.94.